The molecule has 0 aromatic heterocycles. The summed E-state index contributed by atoms with van der Waals surface area (Å²) >= 11 is 0. The van der Waals surface area contributed by atoms with Crippen LogP contribution in [0.1, 0.15) is 52.5 Å². The van der Waals surface area contributed by atoms with Gasteiger partial charge in [0.1, 0.15) is 6.61 Å². The van der Waals surface area contributed by atoms with Gasteiger partial charge < -0.3 is 19.4 Å². The summed E-state index contributed by atoms with van der Waals surface area (Å²) in [5.41, 5.74) is -0.337. The van der Waals surface area contributed by atoms with Crippen molar-refractivity contribution in [2.24, 2.45) is 0 Å². The van der Waals surface area contributed by atoms with Crippen molar-refractivity contribution in [2.75, 3.05) is 0 Å². The Hall–Kier alpha value is -1.53. The summed E-state index contributed by atoms with van der Waals surface area (Å²) in [5.74, 6) is 0. The largest absolute Gasteiger partial charge is 0.485 e. The lowest BCUT2D eigenvalue weighted by Crippen LogP contribution is -2.64. The predicted octanol–water partition coefficient (Wildman–Crippen LogP) is 3.47. The molecule has 0 radical (unpaired) electrons. The normalized spacial score (nSPS) is 23.4. The van der Waals surface area contributed by atoms with Crippen LogP contribution in [0.4, 0.5) is 4.79 Å². The Bertz CT molecular complexity index is 582. The highest BCUT2D eigenvalue weighted by atomic mass is 16.7. The number of carbonyl (C=O) groups excluding carboxylic acids is 1. The lowest BCUT2D eigenvalue weighted by molar-refractivity contribution is 0.00578. The molecule has 0 unspecified atom stereocenters. The van der Waals surface area contributed by atoms with Gasteiger partial charge >= 0.3 is 13.2 Å². The summed E-state index contributed by atoms with van der Waals surface area (Å²) in [6, 6.07) is 9.65. The summed E-state index contributed by atoms with van der Waals surface area (Å²) in [4.78, 5) is 12.3. The molecule has 1 heterocycles. The van der Waals surface area contributed by atoms with E-state index in [1.54, 1.807) is 0 Å². The lowest BCUT2D eigenvalue weighted by atomic mass is 9.53. The molecule has 5 nitrogen and oxygen atoms in total. The van der Waals surface area contributed by atoms with Crippen LogP contribution in [0.3, 0.4) is 0 Å². The van der Waals surface area contributed by atoms with Gasteiger partial charge in [0.2, 0.25) is 0 Å². The molecular formula is C18H26BNO4. The molecule has 2 aliphatic rings. The maximum Gasteiger partial charge on any atom is 0.485 e. The van der Waals surface area contributed by atoms with Crippen molar-refractivity contribution in [3.8, 4) is 0 Å². The van der Waals surface area contributed by atoms with Gasteiger partial charge in [-0.05, 0) is 52.5 Å². The van der Waals surface area contributed by atoms with Crippen molar-refractivity contribution < 1.29 is 18.8 Å². The van der Waals surface area contributed by atoms with Crippen molar-refractivity contribution in [1.82, 2.24) is 5.32 Å². The van der Waals surface area contributed by atoms with E-state index in [0.29, 0.717) is 0 Å². The van der Waals surface area contributed by atoms with Crippen LogP contribution in [0, 0.1) is 0 Å². The van der Waals surface area contributed by atoms with Crippen LogP contribution in [0.15, 0.2) is 30.3 Å². The molecule has 1 amide bonds. The Balaban J connectivity index is 1.61. The van der Waals surface area contributed by atoms with Crippen LogP contribution in [0.5, 0.6) is 0 Å². The van der Waals surface area contributed by atoms with Crippen molar-refractivity contribution in [2.45, 2.75) is 70.2 Å². The van der Waals surface area contributed by atoms with Crippen molar-refractivity contribution in [1.29, 1.82) is 0 Å². The van der Waals surface area contributed by atoms with Gasteiger partial charge in [0.25, 0.3) is 0 Å². The molecule has 1 aromatic rings. The number of hydrogen-bond acceptors (Lipinski definition) is 4. The van der Waals surface area contributed by atoms with Gasteiger partial charge in [-0.25, -0.2) is 4.79 Å². The Kier molecular flexibility index (Phi) is 4.38. The summed E-state index contributed by atoms with van der Waals surface area (Å²) in [7, 11) is -0.444. The standard InChI is InChI=1S/C18H26BNO4/c1-16(2)17(3,4)24-19(23-16)18(11-8-12-18)20-15(21)22-13-14-9-6-5-7-10-14/h5-7,9-10H,8,11-13H2,1-4H3,(H,20,21). The van der Waals surface area contributed by atoms with Crippen molar-refractivity contribution in [3.63, 3.8) is 0 Å². The second-order valence-electron chi connectivity index (χ2n) is 7.78. The third-order valence-electron chi connectivity index (χ3n) is 5.51. The molecule has 130 valence electrons. The molecule has 2 fully saturated rings. The summed E-state index contributed by atoms with van der Waals surface area (Å²) < 4.78 is 17.6. The predicted molar refractivity (Wildman–Crippen MR) is 92.4 cm³/mol. The van der Waals surface area contributed by atoms with E-state index in [1.165, 1.54) is 0 Å². The van der Waals surface area contributed by atoms with E-state index < -0.39 is 29.9 Å². The molecule has 6 heteroatoms. The van der Waals surface area contributed by atoms with Crippen LogP contribution < -0.4 is 5.32 Å². The van der Waals surface area contributed by atoms with Gasteiger partial charge in [-0.3, -0.25) is 0 Å². The third-order valence-corrected chi connectivity index (χ3v) is 5.51. The van der Waals surface area contributed by atoms with E-state index >= 15 is 0 Å². The Morgan fingerprint density at radius 3 is 2.21 bits per heavy atom. The van der Waals surface area contributed by atoms with Gasteiger partial charge in [0, 0.05) is 0 Å². The molecule has 3 rings (SSSR count). The van der Waals surface area contributed by atoms with Crippen LogP contribution in [-0.2, 0) is 20.7 Å². The number of rotatable bonds is 4. The van der Waals surface area contributed by atoms with Gasteiger partial charge in [0.05, 0.1) is 16.6 Å². The molecule has 1 saturated heterocycles. The smallest absolute Gasteiger partial charge is 0.445 e. The minimum absolute atomic E-state index is 0.256. The number of benzene rings is 1. The topological polar surface area (TPSA) is 56.8 Å². The molecule has 1 aliphatic carbocycles. The summed E-state index contributed by atoms with van der Waals surface area (Å²) in [6.07, 6.45) is 2.30. The maximum absolute atomic E-state index is 12.3. The van der Waals surface area contributed by atoms with Crippen LogP contribution in [0.25, 0.3) is 0 Å². The third kappa shape index (κ3) is 3.17. The van der Waals surface area contributed by atoms with E-state index in [4.69, 9.17) is 14.0 Å². The number of carbonyl (C=O) groups is 1. The van der Waals surface area contributed by atoms with E-state index in [2.05, 4.69) is 5.32 Å². The number of amides is 1. The number of ether oxygens (including phenoxy) is 1. The minimum atomic E-state index is -0.487. The van der Waals surface area contributed by atoms with Gasteiger partial charge in [-0.15, -0.1) is 0 Å². The minimum Gasteiger partial charge on any atom is -0.445 e. The lowest BCUT2D eigenvalue weighted by Gasteiger charge is -2.42. The zero-order valence-corrected chi connectivity index (χ0v) is 14.9. The SMILES string of the molecule is CC1(C)OB(C2(NC(=O)OCc3ccccc3)CCC2)OC1(C)C. The quantitative estimate of drug-likeness (QED) is 0.859. The Morgan fingerprint density at radius 2 is 1.71 bits per heavy atom. The van der Waals surface area contributed by atoms with Crippen molar-refractivity contribution in [3.05, 3.63) is 35.9 Å². The molecule has 0 bridgehead atoms. The van der Waals surface area contributed by atoms with E-state index in [-0.39, 0.29) is 6.61 Å². The van der Waals surface area contributed by atoms with Crippen LogP contribution in [-0.4, -0.2) is 29.9 Å². The monoisotopic (exact) mass is 331 g/mol. The highest BCUT2D eigenvalue weighted by molar-refractivity contribution is 6.50. The molecule has 1 N–H and O–H groups in total. The first-order chi connectivity index (χ1) is 11.2. The maximum atomic E-state index is 12.3. The number of hydrogen-bond donors (Lipinski definition) is 1. The van der Waals surface area contributed by atoms with E-state index in [9.17, 15) is 4.79 Å². The Morgan fingerprint density at radius 1 is 1.12 bits per heavy atom. The highest BCUT2D eigenvalue weighted by Crippen LogP contribution is 2.45. The Labute approximate surface area is 144 Å². The van der Waals surface area contributed by atoms with E-state index in [0.717, 1.165) is 24.8 Å². The first-order valence-corrected chi connectivity index (χ1v) is 8.59. The molecule has 1 saturated carbocycles. The average molecular weight is 331 g/mol. The fraction of sp³-hybridized carbons (Fsp3) is 0.611. The molecule has 1 aliphatic heterocycles. The summed E-state index contributed by atoms with van der Waals surface area (Å²) in [6.45, 7) is 8.34. The summed E-state index contributed by atoms with van der Waals surface area (Å²) in [5, 5.41) is 3.01. The average Bonchev–Trinajstić information content (AvgIpc) is 2.70. The molecule has 0 atom stereocenters. The fourth-order valence-electron chi connectivity index (χ4n) is 3.01. The van der Waals surface area contributed by atoms with Gasteiger partial charge in [-0.1, -0.05) is 30.3 Å². The molecule has 24 heavy (non-hydrogen) atoms. The molecule has 0 spiro atoms. The highest BCUT2D eigenvalue weighted by Gasteiger charge is 2.62. The first-order valence-electron chi connectivity index (χ1n) is 8.59. The van der Waals surface area contributed by atoms with Gasteiger partial charge in [0.15, 0.2) is 0 Å². The fourth-order valence-corrected chi connectivity index (χ4v) is 3.01. The zero-order valence-electron chi connectivity index (χ0n) is 14.9. The van der Waals surface area contributed by atoms with Gasteiger partial charge in [-0.2, -0.15) is 0 Å². The van der Waals surface area contributed by atoms with Crippen LogP contribution >= 0.6 is 0 Å². The van der Waals surface area contributed by atoms with Crippen LogP contribution in [0.2, 0.25) is 0 Å². The molecule has 1 aromatic carbocycles. The molecular weight excluding hydrogens is 305 g/mol. The second kappa shape index (κ2) is 6.08. The second-order valence-corrected chi connectivity index (χ2v) is 7.78. The first kappa shape index (κ1) is 17.3. The number of alkyl carbamates (subject to hydrolysis) is 1. The number of nitrogens with one attached hydrogen (secondary N) is 1. The van der Waals surface area contributed by atoms with E-state index in [1.807, 2.05) is 58.0 Å². The zero-order chi connectivity index (χ0) is 17.4. The van der Waals surface area contributed by atoms with Crippen molar-refractivity contribution >= 4 is 13.2 Å².